The monoisotopic (exact) mass is 240 g/mol. The Balaban J connectivity index is 1.70. The topological polar surface area (TPSA) is 64.3 Å². The fraction of sp³-hybridized carbons (Fsp3) is 0.923. The predicted octanol–water partition coefficient (Wildman–Crippen LogP) is 1.05. The van der Waals surface area contributed by atoms with Gasteiger partial charge in [0, 0.05) is 31.0 Å². The SMILES string of the molecule is CC1OCCC1CNC(=O)C1CCC(N)CC1. The van der Waals surface area contributed by atoms with Crippen LogP contribution in [0.2, 0.25) is 0 Å². The van der Waals surface area contributed by atoms with Gasteiger partial charge in [-0.1, -0.05) is 0 Å². The summed E-state index contributed by atoms with van der Waals surface area (Å²) in [5, 5.41) is 3.08. The lowest BCUT2D eigenvalue weighted by Crippen LogP contribution is -2.39. The number of nitrogens with two attached hydrogens (primary N) is 1. The predicted molar refractivity (Wildman–Crippen MR) is 66.5 cm³/mol. The number of nitrogens with one attached hydrogen (secondary N) is 1. The van der Waals surface area contributed by atoms with Crippen molar-refractivity contribution in [3.8, 4) is 0 Å². The van der Waals surface area contributed by atoms with Gasteiger partial charge < -0.3 is 15.8 Å². The quantitative estimate of drug-likeness (QED) is 0.775. The Bertz CT molecular complexity index is 262. The second kappa shape index (κ2) is 5.83. The molecule has 0 spiro atoms. The summed E-state index contributed by atoms with van der Waals surface area (Å²) in [6, 6.07) is 0.308. The van der Waals surface area contributed by atoms with Gasteiger partial charge in [-0.3, -0.25) is 4.79 Å². The lowest BCUT2D eigenvalue weighted by Gasteiger charge is -2.26. The highest BCUT2D eigenvalue weighted by atomic mass is 16.5. The van der Waals surface area contributed by atoms with Crippen LogP contribution in [-0.4, -0.2) is 31.2 Å². The number of hydrogen-bond donors (Lipinski definition) is 2. The standard InChI is InChI=1S/C13H24N2O2/c1-9-11(6-7-17-9)8-15-13(16)10-2-4-12(14)5-3-10/h9-12H,2-8,14H2,1H3,(H,15,16). The summed E-state index contributed by atoms with van der Waals surface area (Å²) in [4.78, 5) is 12.0. The Labute approximate surface area is 103 Å². The van der Waals surface area contributed by atoms with E-state index in [1.165, 1.54) is 0 Å². The summed E-state index contributed by atoms with van der Waals surface area (Å²) in [7, 11) is 0. The molecular weight excluding hydrogens is 216 g/mol. The lowest BCUT2D eigenvalue weighted by molar-refractivity contribution is -0.126. The molecule has 2 unspecified atom stereocenters. The highest BCUT2D eigenvalue weighted by Gasteiger charge is 2.27. The smallest absolute Gasteiger partial charge is 0.223 e. The maximum atomic E-state index is 12.0. The fourth-order valence-corrected chi connectivity index (χ4v) is 2.80. The first-order chi connectivity index (χ1) is 8.16. The maximum absolute atomic E-state index is 12.0. The zero-order chi connectivity index (χ0) is 12.3. The normalized spacial score (nSPS) is 38.0. The first-order valence-corrected chi connectivity index (χ1v) is 6.81. The first-order valence-electron chi connectivity index (χ1n) is 6.81. The van der Waals surface area contributed by atoms with E-state index in [1.807, 2.05) is 0 Å². The second-order valence-electron chi connectivity index (χ2n) is 5.48. The van der Waals surface area contributed by atoms with Gasteiger partial charge in [0.1, 0.15) is 0 Å². The molecular formula is C13H24N2O2. The van der Waals surface area contributed by atoms with Crippen LogP contribution in [0.25, 0.3) is 0 Å². The van der Waals surface area contributed by atoms with Crippen molar-refractivity contribution in [3.05, 3.63) is 0 Å². The molecule has 0 bridgehead atoms. The molecule has 0 aromatic rings. The molecule has 1 amide bonds. The average Bonchev–Trinajstić information content (AvgIpc) is 2.73. The summed E-state index contributed by atoms with van der Waals surface area (Å²) < 4.78 is 5.49. The lowest BCUT2D eigenvalue weighted by atomic mass is 9.86. The van der Waals surface area contributed by atoms with Gasteiger partial charge in [-0.2, -0.15) is 0 Å². The molecule has 0 aromatic carbocycles. The van der Waals surface area contributed by atoms with Crippen molar-refractivity contribution < 1.29 is 9.53 Å². The number of carbonyl (C=O) groups is 1. The van der Waals surface area contributed by atoms with Crippen LogP contribution in [0.1, 0.15) is 39.0 Å². The fourth-order valence-electron chi connectivity index (χ4n) is 2.80. The Hall–Kier alpha value is -0.610. The van der Waals surface area contributed by atoms with Crippen molar-refractivity contribution in [1.82, 2.24) is 5.32 Å². The highest BCUT2D eigenvalue weighted by molar-refractivity contribution is 5.78. The van der Waals surface area contributed by atoms with Crippen molar-refractivity contribution in [2.75, 3.05) is 13.2 Å². The van der Waals surface area contributed by atoms with Crippen molar-refractivity contribution in [2.45, 2.75) is 51.2 Å². The van der Waals surface area contributed by atoms with Crippen molar-refractivity contribution in [2.24, 2.45) is 17.6 Å². The third-order valence-electron chi connectivity index (χ3n) is 4.21. The minimum absolute atomic E-state index is 0.187. The Morgan fingerprint density at radius 3 is 2.59 bits per heavy atom. The number of amides is 1. The van der Waals surface area contributed by atoms with Gasteiger partial charge in [-0.05, 0) is 39.0 Å². The Morgan fingerprint density at radius 2 is 2.00 bits per heavy atom. The molecule has 2 atom stereocenters. The highest BCUT2D eigenvalue weighted by Crippen LogP contribution is 2.24. The van der Waals surface area contributed by atoms with Crippen molar-refractivity contribution in [3.63, 3.8) is 0 Å². The molecule has 1 aliphatic heterocycles. The summed E-state index contributed by atoms with van der Waals surface area (Å²) in [5.74, 6) is 0.897. The van der Waals surface area contributed by atoms with Crippen LogP contribution in [0.4, 0.5) is 0 Å². The van der Waals surface area contributed by atoms with E-state index in [9.17, 15) is 4.79 Å². The van der Waals surface area contributed by atoms with Crippen LogP contribution < -0.4 is 11.1 Å². The molecule has 2 fully saturated rings. The van der Waals surface area contributed by atoms with E-state index < -0.39 is 0 Å². The number of carbonyl (C=O) groups excluding carboxylic acids is 1. The van der Waals surface area contributed by atoms with E-state index >= 15 is 0 Å². The summed E-state index contributed by atoms with van der Waals surface area (Å²) >= 11 is 0. The van der Waals surface area contributed by atoms with E-state index in [4.69, 9.17) is 10.5 Å². The minimum atomic E-state index is 0.187. The molecule has 17 heavy (non-hydrogen) atoms. The minimum Gasteiger partial charge on any atom is -0.378 e. The molecule has 1 heterocycles. The van der Waals surface area contributed by atoms with Gasteiger partial charge in [0.15, 0.2) is 0 Å². The number of ether oxygens (including phenoxy) is 1. The van der Waals surface area contributed by atoms with Crippen LogP contribution in [0.15, 0.2) is 0 Å². The van der Waals surface area contributed by atoms with Gasteiger partial charge in [0.2, 0.25) is 5.91 Å². The second-order valence-corrected chi connectivity index (χ2v) is 5.48. The van der Waals surface area contributed by atoms with Gasteiger partial charge in [0.05, 0.1) is 6.10 Å². The molecule has 4 nitrogen and oxygen atoms in total. The number of rotatable bonds is 3. The van der Waals surface area contributed by atoms with Crippen LogP contribution in [0.5, 0.6) is 0 Å². The summed E-state index contributed by atoms with van der Waals surface area (Å²) in [6.07, 6.45) is 5.22. The molecule has 1 aliphatic carbocycles. The van der Waals surface area contributed by atoms with E-state index in [-0.39, 0.29) is 17.9 Å². The van der Waals surface area contributed by atoms with Crippen LogP contribution in [0, 0.1) is 11.8 Å². The van der Waals surface area contributed by atoms with Crippen LogP contribution in [-0.2, 0) is 9.53 Å². The number of hydrogen-bond acceptors (Lipinski definition) is 3. The van der Waals surface area contributed by atoms with Gasteiger partial charge >= 0.3 is 0 Å². The largest absolute Gasteiger partial charge is 0.378 e. The van der Waals surface area contributed by atoms with Crippen molar-refractivity contribution >= 4 is 5.91 Å². The summed E-state index contributed by atoms with van der Waals surface area (Å²) in [6.45, 7) is 3.69. The van der Waals surface area contributed by atoms with Crippen LogP contribution >= 0.6 is 0 Å². The Kier molecular flexibility index (Phi) is 4.40. The Morgan fingerprint density at radius 1 is 1.29 bits per heavy atom. The average molecular weight is 240 g/mol. The van der Waals surface area contributed by atoms with E-state index in [1.54, 1.807) is 0 Å². The molecule has 2 aliphatic rings. The molecule has 4 heteroatoms. The summed E-state index contributed by atoms with van der Waals surface area (Å²) in [5.41, 5.74) is 5.84. The third kappa shape index (κ3) is 3.42. The van der Waals surface area contributed by atoms with E-state index in [2.05, 4.69) is 12.2 Å². The van der Waals surface area contributed by atoms with Gasteiger partial charge in [-0.25, -0.2) is 0 Å². The molecule has 98 valence electrons. The van der Waals surface area contributed by atoms with Crippen LogP contribution in [0.3, 0.4) is 0 Å². The first kappa shape index (κ1) is 12.8. The van der Waals surface area contributed by atoms with Gasteiger partial charge in [0.25, 0.3) is 0 Å². The van der Waals surface area contributed by atoms with Crippen molar-refractivity contribution in [1.29, 1.82) is 0 Å². The zero-order valence-electron chi connectivity index (χ0n) is 10.7. The molecule has 0 aromatic heterocycles. The molecule has 1 saturated heterocycles. The van der Waals surface area contributed by atoms with E-state index in [0.29, 0.717) is 12.0 Å². The molecule has 3 N–H and O–H groups in total. The maximum Gasteiger partial charge on any atom is 0.223 e. The molecule has 0 radical (unpaired) electrons. The van der Waals surface area contributed by atoms with E-state index in [0.717, 1.165) is 45.3 Å². The zero-order valence-corrected chi connectivity index (χ0v) is 10.7. The van der Waals surface area contributed by atoms with Gasteiger partial charge in [-0.15, -0.1) is 0 Å². The molecule has 1 saturated carbocycles. The molecule has 2 rings (SSSR count). The third-order valence-corrected chi connectivity index (χ3v) is 4.21.